The van der Waals surface area contributed by atoms with E-state index in [1.165, 1.54) is 99.1 Å². The molecule has 0 N–H and O–H groups in total. The minimum absolute atomic E-state index is 1.09. The van der Waals surface area contributed by atoms with Crippen molar-refractivity contribution in [2.24, 2.45) is 0 Å². The van der Waals surface area contributed by atoms with E-state index in [2.05, 4.69) is 278 Å². The maximum absolute atomic E-state index is 2.37. The normalized spacial score (nSPS) is 11.3. The summed E-state index contributed by atoms with van der Waals surface area (Å²) in [5.74, 6) is 0. The Morgan fingerprint density at radius 2 is 0.612 bits per heavy atom. The second-order valence-electron chi connectivity index (χ2n) is 17.3. The van der Waals surface area contributed by atoms with E-state index in [0.717, 1.165) is 17.1 Å². The molecule has 0 bridgehead atoms. The lowest BCUT2D eigenvalue weighted by Gasteiger charge is -2.26. The highest BCUT2D eigenvalue weighted by Crippen LogP contribution is 2.42. The van der Waals surface area contributed by atoms with Crippen LogP contribution in [-0.4, -0.2) is 0 Å². The van der Waals surface area contributed by atoms with Gasteiger partial charge in [-0.3, -0.25) is 0 Å². The highest BCUT2D eigenvalue weighted by Gasteiger charge is 2.17. The summed E-state index contributed by atoms with van der Waals surface area (Å²) >= 11 is 0. The fourth-order valence-electron chi connectivity index (χ4n) is 9.84. The Morgan fingerprint density at radius 1 is 0.194 bits per heavy atom. The minimum atomic E-state index is 1.09. The molecule has 0 spiro atoms. The molecule has 12 aromatic carbocycles. The summed E-state index contributed by atoms with van der Waals surface area (Å²) in [6.45, 7) is 0. The SMILES string of the molecule is c1ccc(-c2ccc3ccccc3c2-c2ccc(N(c3ccc(-c4ccc(-c5ccc6ccccc6c5)cc4)cc3)c3ccc(-c4cccc(-c5cccc6ccccc56)c4)cc3)cc2)cc1. The van der Waals surface area contributed by atoms with E-state index >= 15 is 0 Å². The van der Waals surface area contributed by atoms with Crippen LogP contribution in [0.2, 0.25) is 0 Å². The highest BCUT2D eigenvalue weighted by atomic mass is 15.1. The Bertz CT molecular complexity index is 3700. The predicted molar refractivity (Wildman–Crippen MR) is 286 cm³/mol. The number of benzene rings is 12. The average molecular weight is 852 g/mol. The molecule has 12 aromatic rings. The van der Waals surface area contributed by atoms with Crippen LogP contribution >= 0.6 is 0 Å². The zero-order valence-corrected chi connectivity index (χ0v) is 36.9. The van der Waals surface area contributed by atoms with Crippen LogP contribution in [0.5, 0.6) is 0 Å². The summed E-state index contributed by atoms with van der Waals surface area (Å²) in [5, 5.41) is 7.50. The zero-order valence-electron chi connectivity index (χ0n) is 36.9. The van der Waals surface area contributed by atoms with Gasteiger partial charge in [-0.15, -0.1) is 0 Å². The van der Waals surface area contributed by atoms with Crippen LogP contribution in [0.25, 0.3) is 99.1 Å². The van der Waals surface area contributed by atoms with Crippen molar-refractivity contribution in [2.45, 2.75) is 0 Å². The van der Waals surface area contributed by atoms with Crippen molar-refractivity contribution in [3.8, 4) is 66.8 Å². The molecule has 0 aliphatic rings. The Morgan fingerprint density at radius 3 is 1.27 bits per heavy atom. The van der Waals surface area contributed by atoms with Crippen molar-refractivity contribution >= 4 is 49.4 Å². The molecular formula is C66H45N. The first-order valence-corrected chi connectivity index (χ1v) is 23.1. The lowest BCUT2D eigenvalue weighted by atomic mass is 9.89. The van der Waals surface area contributed by atoms with Crippen LogP contribution in [0.3, 0.4) is 0 Å². The van der Waals surface area contributed by atoms with Crippen LogP contribution in [0.1, 0.15) is 0 Å². The monoisotopic (exact) mass is 851 g/mol. The molecule has 314 valence electrons. The minimum Gasteiger partial charge on any atom is -0.311 e. The zero-order chi connectivity index (χ0) is 44.5. The van der Waals surface area contributed by atoms with E-state index in [0.29, 0.717) is 0 Å². The van der Waals surface area contributed by atoms with Crippen LogP contribution < -0.4 is 4.90 Å². The van der Waals surface area contributed by atoms with Gasteiger partial charge in [-0.25, -0.2) is 0 Å². The van der Waals surface area contributed by atoms with E-state index in [-0.39, 0.29) is 0 Å². The van der Waals surface area contributed by atoms with Gasteiger partial charge in [-0.2, -0.15) is 0 Å². The molecular weight excluding hydrogens is 807 g/mol. The van der Waals surface area contributed by atoms with Crippen molar-refractivity contribution in [3.05, 3.63) is 273 Å². The fraction of sp³-hybridized carbons (Fsp3) is 0. The van der Waals surface area contributed by atoms with Gasteiger partial charge in [0.2, 0.25) is 0 Å². The quantitative estimate of drug-likeness (QED) is 0.140. The highest BCUT2D eigenvalue weighted by molar-refractivity contribution is 6.04. The van der Waals surface area contributed by atoms with Gasteiger partial charge in [0.25, 0.3) is 0 Å². The summed E-state index contributed by atoms with van der Waals surface area (Å²) in [6, 6.07) is 99.4. The second-order valence-corrected chi connectivity index (χ2v) is 17.3. The molecule has 0 saturated carbocycles. The Hall–Kier alpha value is -8.78. The lowest BCUT2D eigenvalue weighted by molar-refractivity contribution is 1.28. The maximum Gasteiger partial charge on any atom is 0.0462 e. The number of anilines is 3. The molecule has 0 fully saturated rings. The third-order valence-electron chi connectivity index (χ3n) is 13.3. The van der Waals surface area contributed by atoms with Gasteiger partial charge in [0, 0.05) is 17.1 Å². The molecule has 12 rings (SSSR count). The van der Waals surface area contributed by atoms with Crippen molar-refractivity contribution in [2.75, 3.05) is 4.90 Å². The van der Waals surface area contributed by atoms with E-state index in [4.69, 9.17) is 0 Å². The number of fused-ring (bicyclic) bond motifs is 3. The predicted octanol–water partition coefficient (Wildman–Crippen LogP) is 18.6. The topological polar surface area (TPSA) is 3.24 Å². The summed E-state index contributed by atoms with van der Waals surface area (Å²) in [4.78, 5) is 2.37. The largest absolute Gasteiger partial charge is 0.311 e. The average Bonchev–Trinajstić information content (AvgIpc) is 3.41. The standard InChI is InChI=1S/C66H45N/c1-2-13-52(14-3-1)65-43-36-53-16-7-9-22-64(53)66(65)54-34-41-61(42-35-54)67(59-37-30-48(31-38-59)47-24-26-49(27-25-47)57-29-28-46-12-4-5-17-55(46)44-57)60-39-32-50(33-40-60)56-19-10-20-58(45-56)63-23-11-18-51-15-6-8-21-62(51)63/h1-45H. The van der Waals surface area contributed by atoms with E-state index in [9.17, 15) is 0 Å². The number of nitrogens with zero attached hydrogens (tertiary/aromatic N) is 1. The van der Waals surface area contributed by atoms with Crippen LogP contribution in [0.4, 0.5) is 17.1 Å². The van der Waals surface area contributed by atoms with E-state index in [1.807, 2.05) is 0 Å². The maximum atomic E-state index is 2.37. The van der Waals surface area contributed by atoms with E-state index in [1.54, 1.807) is 0 Å². The molecule has 1 heteroatoms. The smallest absolute Gasteiger partial charge is 0.0462 e. The van der Waals surface area contributed by atoms with Gasteiger partial charge in [0.05, 0.1) is 0 Å². The van der Waals surface area contributed by atoms with E-state index < -0.39 is 0 Å². The van der Waals surface area contributed by atoms with Gasteiger partial charge >= 0.3 is 0 Å². The Balaban J connectivity index is 0.907. The van der Waals surface area contributed by atoms with Crippen molar-refractivity contribution in [1.82, 2.24) is 0 Å². The van der Waals surface area contributed by atoms with Gasteiger partial charge in [-0.1, -0.05) is 224 Å². The molecule has 0 unspecified atom stereocenters. The van der Waals surface area contributed by atoms with Crippen molar-refractivity contribution < 1.29 is 0 Å². The summed E-state index contributed by atoms with van der Waals surface area (Å²) in [5.41, 5.74) is 17.7. The molecule has 1 nitrogen and oxygen atoms in total. The van der Waals surface area contributed by atoms with Gasteiger partial charge < -0.3 is 4.90 Å². The van der Waals surface area contributed by atoms with Gasteiger partial charge in [-0.05, 0) is 148 Å². The van der Waals surface area contributed by atoms with Gasteiger partial charge in [0.1, 0.15) is 0 Å². The lowest BCUT2D eigenvalue weighted by Crippen LogP contribution is -2.09. The molecule has 0 saturated heterocycles. The molecule has 0 heterocycles. The summed E-state index contributed by atoms with van der Waals surface area (Å²) in [7, 11) is 0. The third-order valence-corrected chi connectivity index (χ3v) is 13.3. The number of rotatable bonds is 9. The van der Waals surface area contributed by atoms with Crippen LogP contribution in [-0.2, 0) is 0 Å². The molecule has 0 atom stereocenters. The van der Waals surface area contributed by atoms with Crippen molar-refractivity contribution in [1.29, 1.82) is 0 Å². The molecule has 0 aromatic heterocycles. The molecule has 0 amide bonds. The van der Waals surface area contributed by atoms with Crippen LogP contribution in [0, 0.1) is 0 Å². The second kappa shape index (κ2) is 17.3. The summed E-state index contributed by atoms with van der Waals surface area (Å²) < 4.78 is 0. The first-order valence-electron chi connectivity index (χ1n) is 23.1. The Kier molecular flexibility index (Phi) is 10.3. The number of hydrogen-bond donors (Lipinski definition) is 0. The molecule has 67 heavy (non-hydrogen) atoms. The fourth-order valence-corrected chi connectivity index (χ4v) is 9.84. The molecule has 0 radical (unpaired) electrons. The van der Waals surface area contributed by atoms with Gasteiger partial charge in [0.15, 0.2) is 0 Å². The number of hydrogen-bond acceptors (Lipinski definition) is 1. The van der Waals surface area contributed by atoms with Crippen LogP contribution in [0.15, 0.2) is 273 Å². The molecule has 0 aliphatic heterocycles. The first kappa shape index (κ1) is 39.8. The van der Waals surface area contributed by atoms with Crippen molar-refractivity contribution in [3.63, 3.8) is 0 Å². The third kappa shape index (κ3) is 7.73. The first-order chi connectivity index (χ1) is 33.2. The molecule has 0 aliphatic carbocycles. The summed E-state index contributed by atoms with van der Waals surface area (Å²) in [6.07, 6.45) is 0. The Labute approximate surface area is 392 Å².